The van der Waals surface area contributed by atoms with Gasteiger partial charge in [-0.3, -0.25) is 0 Å². The summed E-state index contributed by atoms with van der Waals surface area (Å²) >= 11 is 0. The summed E-state index contributed by atoms with van der Waals surface area (Å²) in [4.78, 5) is 0. The molecule has 0 bridgehead atoms. The zero-order chi connectivity index (χ0) is 36.4. The Hall–Kier alpha value is -5.72. The van der Waals surface area contributed by atoms with Crippen LogP contribution in [-0.2, 0) is 6.42 Å². The van der Waals surface area contributed by atoms with Crippen molar-refractivity contribution in [2.24, 2.45) is 0 Å². The summed E-state index contributed by atoms with van der Waals surface area (Å²) in [7, 11) is 0. The second-order valence-electron chi connectivity index (χ2n) is 11.8. The maximum absolute atomic E-state index is 9.70. The van der Waals surface area contributed by atoms with Gasteiger partial charge in [0.25, 0.3) is 0 Å². The maximum atomic E-state index is 9.70. The van der Waals surface area contributed by atoms with Gasteiger partial charge in [0.2, 0.25) is 0 Å². The van der Waals surface area contributed by atoms with E-state index in [9.17, 15) is 4.11 Å². The largest absolute Gasteiger partial charge is 0.0636 e. The topological polar surface area (TPSA) is 0 Å². The minimum atomic E-state index is -0.478. The Balaban J connectivity index is 1.25. The van der Waals surface area contributed by atoms with E-state index in [4.69, 9.17) is 6.85 Å². The molecule has 45 heavy (non-hydrogen) atoms. The van der Waals surface area contributed by atoms with Crippen LogP contribution in [0.4, 0.5) is 0 Å². The summed E-state index contributed by atoms with van der Waals surface area (Å²) in [5.41, 5.74) is 1.74. The third-order valence-electron chi connectivity index (χ3n) is 9.42. The summed E-state index contributed by atoms with van der Waals surface area (Å²) in [6.45, 7) is 0. The van der Waals surface area contributed by atoms with Crippen LogP contribution >= 0.6 is 0 Å². The molecular weight excluding hydrogens is 540 g/mol. The zero-order valence-electron chi connectivity index (χ0n) is 32.1. The Bertz CT molecular complexity index is 3150. The Morgan fingerprint density at radius 3 is 1.58 bits per heavy atom. The lowest BCUT2D eigenvalue weighted by molar-refractivity contribution is 1.22. The van der Waals surface area contributed by atoms with E-state index >= 15 is 0 Å². The van der Waals surface area contributed by atoms with E-state index in [1.54, 1.807) is 0 Å². The monoisotopic (exact) mass is 576 g/mol. The van der Waals surface area contributed by atoms with Crippen molar-refractivity contribution in [2.45, 2.75) is 6.42 Å². The lowest BCUT2D eigenvalue weighted by atomic mass is 9.87. The van der Waals surface area contributed by atoms with Crippen molar-refractivity contribution in [3.8, 4) is 22.3 Å². The first-order chi connectivity index (χ1) is 25.6. The first-order valence-corrected chi connectivity index (χ1v) is 15.2. The van der Waals surface area contributed by atoms with E-state index in [2.05, 4.69) is 60.7 Å². The van der Waals surface area contributed by atoms with Crippen LogP contribution in [0.3, 0.4) is 0 Å². The predicted octanol–water partition coefficient (Wildman–Crippen LogP) is 12.4. The molecule has 0 fully saturated rings. The molecule has 0 aliphatic rings. The van der Waals surface area contributed by atoms with E-state index in [0.717, 1.165) is 70.2 Å². The Morgan fingerprint density at radius 1 is 0.378 bits per heavy atom. The van der Waals surface area contributed by atoms with Crippen molar-refractivity contribution in [1.82, 2.24) is 0 Å². The van der Waals surface area contributed by atoms with E-state index in [0.29, 0.717) is 5.56 Å². The first-order valence-electron chi connectivity index (χ1n) is 19.2. The molecule has 10 rings (SSSR count). The molecule has 0 heterocycles. The average Bonchev–Trinajstić information content (AvgIpc) is 3.18. The highest BCUT2D eigenvalue weighted by Gasteiger charge is 2.15. The summed E-state index contributed by atoms with van der Waals surface area (Å²) in [5, 5.41) is 12.4. The highest BCUT2D eigenvalue weighted by atomic mass is 14.2. The normalized spacial score (nSPS) is 14.6. The highest BCUT2D eigenvalue weighted by Crippen LogP contribution is 2.41. The van der Waals surface area contributed by atoms with Crippen molar-refractivity contribution >= 4 is 64.6 Å². The molecule has 0 aromatic heterocycles. The average molecular weight is 577 g/mol. The van der Waals surface area contributed by atoms with E-state index in [1.807, 2.05) is 48.5 Å². The number of benzene rings is 10. The van der Waals surface area contributed by atoms with Gasteiger partial charge in [-0.1, -0.05) is 151 Å². The van der Waals surface area contributed by atoms with Gasteiger partial charge in [-0.25, -0.2) is 0 Å². The van der Waals surface area contributed by atoms with Crippen LogP contribution in [0, 0.1) is 0 Å². The van der Waals surface area contributed by atoms with Gasteiger partial charge in [-0.15, -0.1) is 0 Å². The fourth-order valence-corrected chi connectivity index (χ4v) is 7.38. The van der Waals surface area contributed by atoms with Gasteiger partial charge in [0.1, 0.15) is 0 Å². The lowest BCUT2D eigenvalue weighted by Gasteiger charge is -2.17. The van der Waals surface area contributed by atoms with Crippen LogP contribution in [0.25, 0.3) is 86.9 Å². The molecule has 10 aromatic rings. The second-order valence-corrected chi connectivity index (χ2v) is 11.8. The summed E-state index contributed by atoms with van der Waals surface area (Å²) in [6, 6.07) is 33.8. The van der Waals surface area contributed by atoms with Crippen LogP contribution in [0.15, 0.2) is 158 Å². The third-order valence-corrected chi connectivity index (χ3v) is 9.42. The van der Waals surface area contributed by atoms with Gasteiger partial charge in [0.05, 0.1) is 11.0 Å². The van der Waals surface area contributed by atoms with E-state index in [-0.39, 0.29) is 52.8 Å². The standard InChI is InChI=1S/C45H28/c1-2-13-38(34(6-1)27-37-19-18-32-16-14-28-7-3-9-30-21-24-40(37)44(32)42(28)30)35-11-5-12-36(26-35)39-23-20-33-17-15-29-8-4-10-31-22-25-41(39)45(33)43(29)31/h1-26H,27H2/i1D,2D,5D,6D,11D,12D,13D,26D. The van der Waals surface area contributed by atoms with Gasteiger partial charge < -0.3 is 0 Å². The molecule has 0 atom stereocenters. The van der Waals surface area contributed by atoms with Crippen LogP contribution in [0.5, 0.6) is 0 Å². The van der Waals surface area contributed by atoms with Crippen molar-refractivity contribution in [1.29, 1.82) is 0 Å². The fraction of sp³-hybridized carbons (Fsp3) is 0.0222. The molecule has 0 aliphatic carbocycles. The molecule has 10 aromatic carbocycles. The molecule has 0 N–H and O–H groups in total. The summed E-state index contributed by atoms with van der Waals surface area (Å²) in [6.07, 6.45) is 0.100. The minimum absolute atomic E-state index is 0.0177. The van der Waals surface area contributed by atoms with Crippen molar-refractivity contribution in [3.63, 3.8) is 0 Å². The van der Waals surface area contributed by atoms with Crippen LogP contribution in [-0.4, -0.2) is 0 Å². The highest BCUT2D eigenvalue weighted by molar-refractivity contribution is 6.26. The lowest BCUT2D eigenvalue weighted by Crippen LogP contribution is -1.95. The first kappa shape index (κ1) is 18.2. The number of hydrogen-bond donors (Lipinski definition) is 0. The minimum Gasteiger partial charge on any atom is -0.0619 e. The summed E-state index contributed by atoms with van der Waals surface area (Å²) in [5.74, 6) is 0. The molecule has 0 aliphatic heterocycles. The molecule has 0 amide bonds. The predicted molar refractivity (Wildman–Crippen MR) is 194 cm³/mol. The van der Waals surface area contributed by atoms with Gasteiger partial charge in [-0.05, 0) is 110 Å². The van der Waals surface area contributed by atoms with Crippen LogP contribution in [0.2, 0.25) is 0 Å². The fourth-order valence-electron chi connectivity index (χ4n) is 7.38. The zero-order valence-corrected chi connectivity index (χ0v) is 24.1. The van der Waals surface area contributed by atoms with Crippen LogP contribution in [0.1, 0.15) is 22.1 Å². The second kappa shape index (κ2) is 9.39. The Kier molecular flexibility index (Phi) is 3.79. The van der Waals surface area contributed by atoms with E-state index < -0.39 is 24.2 Å². The van der Waals surface area contributed by atoms with Crippen LogP contribution < -0.4 is 0 Å². The van der Waals surface area contributed by atoms with Crippen molar-refractivity contribution < 1.29 is 11.0 Å². The van der Waals surface area contributed by atoms with Gasteiger partial charge >= 0.3 is 0 Å². The molecule has 0 saturated carbocycles. The van der Waals surface area contributed by atoms with Crippen molar-refractivity contribution in [2.75, 3.05) is 0 Å². The molecular formula is C45H28. The third kappa shape index (κ3) is 3.66. The smallest absolute Gasteiger partial charge is 0.0619 e. The SMILES string of the molecule is [2H]c1c([2H])c([2H])c(-c2c([2H])c([2H])c([2H])c(-c3ccc4ccc5cccc6ccc3c4c56)c2[2H])c(Cc2ccc3ccc4cccc5ccc2c3c45)c1[2H]. The molecule has 0 heteroatoms. The molecule has 0 saturated heterocycles. The van der Waals surface area contributed by atoms with E-state index in [1.165, 1.54) is 0 Å². The Morgan fingerprint density at radius 2 is 0.889 bits per heavy atom. The van der Waals surface area contributed by atoms with Gasteiger partial charge in [0.15, 0.2) is 0 Å². The van der Waals surface area contributed by atoms with Crippen molar-refractivity contribution in [3.05, 3.63) is 169 Å². The maximum Gasteiger partial charge on any atom is 0.0636 e. The number of hydrogen-bond acceptors (Lipinski definition) is 0. The molecule has 208 valence electrons. The van der Waals surface area contributed by atoms with Gasteiger partial charge in [0, 0.05) is 0 Å². The number of rotatable bonds is 4. The molecule has 0 nitrogen and oxygen atoms in total. The quantitative estimate of drug-likeness (QED) is 0.183. The van der Waals surface area contributed by atoms with Gasteiger partial charge in [-0.2, -0.15) is 0 Å². The molecule has 0 radical (unpaired) electrons. The molecule has 0 spiro atoms. The summed E-state index contributed by atoms with van der Waals surface area (Å²) < 4.78 is 72.8. The molecule has 0 unspecified atom stereocenters. The Labute approximate surface area is 272 Å².